The van der Waals surface area contributed by atoms with Gasteiger partial charge in [0.1, 0.15) is 11.6 Å². The third-order valence-electron chi connectivity index (χ3n) is 2.30. The van der Waals surface area contributed by atoms with Gasteiger partial charge in [-0.15, -0.1) is 0 Å². The van der Waals surface area contributed by atoms with E-state index < -0.39 is 0 Å². The third-order valence-corrected chi connectivity index (χ3v) is 4.30. The van der Waals surface area contributed by atoms with Crippen molar-refractivity contribution in [3.63, 3.8) is 0 Å². The van der Waals surface area contributed by atoms with Crippen LogP contribution in [-0.4, -0.2) is 12.1 Å². The Kier molecular flexibility index (Phi) is 5.11. The van der Waals surface area contributed by atoms with E-state index in [1.165, 1.54) is 0 Å². The van der Waals surface area contributed by atoms with Crippen molar-refractivity contribution < 1.29 is 4.74 Å². The molecule has 0 aliphatic heterocycles. The second-order valence-electron chi connectivity index (χ2n) is 3.58. The smallest absolute Gasteiger partial charge is 0.149 e. The van der Waals surface area contributed by atoms with E-state index in [1.807, 2.05) is 12.1 Å². The SMILES string of the molecule is COc1cc(Nc2ncc(Br)cc2Cl)c(Br)cc1Br. The van der Waals surface area contributed by atoms with Gasteiger partial charge in [-0.1, -0.05) is 11.6 Å². The maximum Gasteiger partial charge on any atom is 0.149 e. The number of anilines is 2. The van der Waals surface area contributed by atoms with Gasteiger partial charge in [0.05, 0.1) is 22.3 Å². The number of nitrogens with one attached hydrogen (secondary N) is 1. The van der Waals surface area contributed by atoms with Crippen molar-refractivity contribution in [3.05, 3.63) is 42.8 Å². The maximum absolute atomic E-state index is 6.13. The van der Waals surface area contributed by atoms with Crippen LogP contribution >= 0.6 is 59.4 Å². The molecule has 0 radical (unpaired) electrons. The highest BCUT2D eigenvalue weighted by Crippen LogP contribution is 2.36. The monoisotopic (exact) mass is 468 g/mol. The summed E-state index contributed by atoms with van der Waals surface area (Å²) in [6.45, 7) is 0. The van der Waals surface area contributed by atoms with E-state index in [0.29, 0.717) is 10.8 Å². The molecule has 7 heteroatoms. The molecule has 2 rings (SSSR count). The lowest BCUT2D eigenvalue weighted by atomic mass is 10.3. The van der Waals surface area contributed by atoms with Crippen LogP contribution in [0.25, 0.3) is 0 Å². The molecule has 2 aromatic rings. The van der Waals surface area contributed by atoms with Gasteiger partial charge < -0.3 is 10.1 Å². The number of methoxy groups -OCH3 is 1. The summed E-state index contributed by atoms with van der Waals surface area (Å²) in [6.07, 6.45) is 1.68. The van der Waals surface area contributed by atoms with Crippen molar-refractivity contribution in [2.75, 3.05) is 12.4 Å². The minimum atomic E-state index is 0.531. The molecule has 100 valence electrons. The highest BCUT2D eigenvalue weighted by Gasteiger charge is 2.10. The summed E-state index contributed by atoms with van der Waals surface area (Å²) >= 11 is 16.3. The van der Waals surface area contributed by atoms with E-state index in [1.54, 1.807) is 19.4 Å². The van der Waals surface area contributed by atoms with Gasteiger partial charge in [0.15, 0.2) is 0 Å². The predicted molar refractivity (Wildman–Crippen MR) is 88.6 cm³/mol. The molecule has 0 saturated heterocycles. The van der Waals surface area contributed by atoms with Crippen LogP contribution < -0.4 is 10.1 Å². The topological polar surface area (TPSA) is 34.1 Å². The first-order chi connectivity index (χ1) is 9.01. The molecular weight excluding hydrogens is 463 g/mol. The van der Waals surface area contributed by atoms with Gasteiger partial charge >= 0.3 is 0 Å². The van der Waals surface area contributed by atoms with Gasteiger partial charge in [0.2, 0.25) is 0 Å². The molecule has 0 amide bonds. The lowest BCUT2D eigenvalue weighted by Gasteiger charge is -2.12. The largest absolute Gasteiger partial charge is 0.495 e. The Labute approximate surface area is 141 Å². The molecule has 0 aliphatic rings. The average molecular weight is 471 g/mol. The Morgan fingerprint density at radius 3 is 2.53 bits per heavy atom. The quantitative estimate of drug-likeness (QED) is 0.617. The molecule has 1 aromatic heterocycles. The van der Waals surface area contributed by atoms with Crippen molar-refractivity contribution in [1.29, 1.82) is 0 Å². The highest BCUT2D eigenvalue weighted by molar-refractivity contribution is 9.11. The molecule has 3 nitrogen and oxygen atoms in total. The summed E-state index contributed by atoms with van der Waals surface area (Å²) in [5.41, 5.74) is 0.816. The standard InChI is InChI=1S/C12H8Br3ClN2O/c1-19-11-4-10(7(14)3-8(11)15)18-12-9(16)2-6(13)5-17-12/h2-5H,1H3,(H,17,18). The number of hydrogen-bond donors (Lipinski definition) is 1. The zero-order valence-corrected chi connectivity index (χ0v) is 15.2. The average Bonchev–Trinajstić information content (AvgIpc) is 2.35. The fourth-order valence-corrected chi connectivity index (χ4v) is 3.35. The van der Waals surface area contributed by atoms with Gasteiger partial charge in [-0.25, -0.2) is 4.98 Å². The van der Waals surface area contributed by atoms with Gasteiger partial charge in [-0.05, 0) is 59.9 Å². The Hall–Kier alpha value is -0.300. The Morgan fingerprint density at radius 1 is 1.16 bits per heavy atom. The van der Waals surface area contributed by atoms with E-state index in [4.69, 9.17) is 16.3 Å². The first-order valence-electron chi connectivity index (χ1n) is 5.12. The minimum absolute atomic E-state index is 0.531. The summed E-state index contributed by atoms with van der Waals surface area (Å²) in [5.74, 6) is 1.30. The minimum Gasteiger partial charge on any atom is -0.495 e. The van der Waals surface area contributed by atoms with Gasteiger partial charge in [0.25, 0.3) is 0 Å². The van der Waals surface area contributed by atoms with Crippen LogP contribution in [0, 0.1) is 0 Å². The Bertz CT molecular complexity index is 622. The second-order valence-corrected chi connectivity index (χ2v) is 6.61. The molecule has 19 heavy (non-hydrogen) atoms. The number of halogens is 4. The van der Waals surface area contributed by atoms with Crippen molar-refractivity contribution in [2.24, 2.45) is 0 Å². The number of hydrogen-bond acceptors (Lipinski definition) is 3. The van der Waals surface area contributed by atoms with E-state index in [-0.39, 0.29) is 0 Å². The molecule has 0 saturated carbocycles. The van der Waals surface area contributed by atoms with Crippen LogP contribution in [0.1, 0.15) is 0 Å². The molecule has 0 fully saturated rings. The highest BCUT2D eigenvalue weighted by atomic mass is 79.9. The normalized spacial score (nSPS) is 10.4. The van der Waals surface area contributed by atoms with E-state index in [9.17, 15) is 0 Å². The number of rotatable bonds is 3. The van der Waals surface area contributed by atoms with Crippen molar-refractivity contribution in [2.45, 2.75) is 0 Å². The molecule has 0 bridgehead atoms. The molecule has 0 atom stereocenters. The number of pyridine rings is 1. The summed E-state index contributed by atoms with van der Waals surface area (Å²) in [5, 5.41) is 3.69. The number of nitrogens with zero attached hydrogens (tertiary/aromatic N) is 1. The Balaban J connectivity index is 2.37. The summed E-state index contributed by atoms with van der Waals surface area (Å²) in [6, 6.07) is 5.53. The van der Waals surface area contributed by atoms with Gasteiger partial charge in [-0.2, -0.15) is 0 Å². The molecule has 1 N–H and O–H groups in total. The molecule has 1 heterocycles. The van der Waals surface area contributed by atoms with Crippen molar-refractivity contribution in [3.8, 4) is 5.75 Å². The molecule has 0 unspecified atom stereocenters. The summed E-state index contributed by atoms with van der Waals surface area (Å²) in [4.78, 5) is 4.23. The Morgan fingerprint density at radius 2 is 1.89 bits per heavy atom. The number of aromatic nitrogens is 1. The van der Waals surface area contributed by atoms with Crippen LogP contribution in [0.4, 0.5) is 11.5 Å². The first kappa shape index (κ1) is 15.1. The van der Waals surface area contributed by atoms with Crippen LogP contribution in [-0.2, 0) is 0 Å². The lowest BCUT2D eigenvalue weighted by molar-refractivity contribution is 0.412. The zero-order valence-electron chi connectivity index (χ0n) is 9.68. The van der Waals surface area contributed by atoms with E-state index in [0.717, 1.165) is 24.9 Å². The fraction of sp³-hybridized carbons (Fsp3) is 0.0833. The third kappa shape index (κ3) is 3.62. The van der Waals surface area contributed by atoms with Crippen molar-refractivity contribution >= 4 is 70.9 Å². The van der Waals surface area contributed by atoms with Crippen molar-refractivity contribution in [1.82, 2.24) is 4.98 Å². The number of ether oxygens (including phenoxy) is 1. The van der Waals surface area contributed by atoms with E-state index >= 15 is 0 Å². The predicted octanol–water partition coefficient (Wildman–Crippen LogP) is 5.77. The number of benzene rings is 1. The van der Waals surface area contributed by atoms with Gasteiger partial charge in [0, 0.05) is 21.2 Å². The lowest BCUT2D eigenvalue weighted by Crippen LogP contribution is -1.96. The molecule has 1 aromatic carbocycles. The van der Waals surface area contributed by atoms with Crippen LogP contribution in [0.5, 0.6) is 5.75 Å². The fourth-order valence-electron chi connectivity index (χ4n) is 1.42. The molecular formula is C12H8Br3ClN2O. The summed E-state index contributed by atoms with van der Waals surface area (Å²) < 4.78 is 7.83. The first-order valence-corrected chi connectivity index (χ1v) is 7.88. The second kappa shape index (κ2) is 6.43. The van der Waals surface area contributed by atoms with Gasteiger partial charge in [-0.3, -0.25) is 0 Å². The molecule has 0 spiro atoms. The van der Waals surface area contributed by atoms with Crippen LogP contribution in [0.3, 0.4) is 0 Å². The zero-order chi connectivity index (χ0) is 14.0. The molecule has 0 aliphatic carbocycles. The maximum atomic E-state index is 6.13. The summed E-state index contributed by atoms with van der Waals surface area (Å²) in [7, 11) is 1.61. The van der Waals surface area contributed by atoms with E-state index in [2.05, 4.69) is 58.1 Å². The van der Waals surface area contributed by atoms with Crippen LogP contribution in [0.2, 0.25) is 5.02 Å². The van der Waals surface area contributed by atoms with Crippen LogP contribution in [0.15, 0.2) is 37.8 Å².